The molecule has 27 heavy (non-hydrogen) atoms. The SMILES string of the molecule is C#CCNC(=O)[C@H](CCCCNC(=O)OC(C)(C)C)NC(=O)OC(C)(C)C. The highest BCUT2D eigenvalue weighted by molar-refractivity contribution is 5.85. The molecule has 0 spiro atoms. The van der Waals surface area contributed by atoms with Crippen molar-refractivity contribution in [1.29, 1.82) is 0 Å². The first-order valence-corrected chi connectivity index (χ1v) is 9.01. The summed E-state index contributed by atoms with van der Waals surface area (Å²) < 4.78 is 10.3. The van der Waals surface area contributed by atoms with Crippen LogP contribution in [0.25, 0.3) is 0 Å². The fourth-order valence-corrected chi connectivity index (χ4v) is 1.96. The summed E-state index contributed by atoms with van der Waals surface area (Å²) in [4.78, 5) is 35.7. The van der Waals surface area contributed by atoms with E-state index in [-0.39, 0.29) is 12.5 Å². The maximum atomic E-state index is 12.2. The average molecular weight is 383 g/mol. The number of amides is 3. The van der Waals surface area contributed by atoms with Gasteiger partial charge in [-0.3, -0.25) is 4.79 Å². The predicted octanol–water partition coefficient (Wildman–Crippen LogP) is 2.32. The molecule has 0 rings (SSSR count). The molecule has 154 valence electrons. The van der Waals surface area contributed by atoms with Gasteiger partial charge in [-0.05, 0) is 60.8 Å². The number of ether oxygens (including phenoxy) is 2. The Morgan fingerprint density at radius 1 is 0.926 bits per heavy atom. The standard InChI is InChI=1S/C19H33N3O5/c1-8-12-20-15(23)14(22-17(25)27-19(5,6)7)11-9-10-13-21-16(24)26-18(2,3)4/h1,14H,9-13H2,2-7H3,(H,20,23)(H,21,24)(H,22,25)/t14-/m0/s1. The van der Waals surface area contributed by atoms with Crippen molar-refractivity contribution in [2.24, 2.45) is 0 Å². The van der Waals surface area contributed by atoms with Crippen LogP contribution in [0.4, 0.5) is 9.59 Å². The van der Waals surface area contributed by atoms with Gasteiger partial charge in [-0.25, -0.2) is 9.59 Å². The molecule has 0 aromatic rings. The Bertz CT molecular complexity index is 541. The Morgan fingerprint density at radius 3 is 2.00 bits per heavy atom. The lowest BCUT2D eigenvalue weighted by atomic mass is 10.1. The summed E-state index contributed by atoms with van der Waals surface area (Å²) in [6, 6.07) is -0.769. The smallest absolute Gasteiger partial charge is 0.408 e. The Morgan fingerprint density at radius 2 is 1.48 bits per heavy atom. The molecule has 8 heteroatoms. The van der Waals surface area contributed by atoms with Gasteiger partial charge in [-0.2, -0.15) is 0 Å². The molecule has 0 fully saturated rings. The number of hydrogen-bond acceptors (Lipinski definition) is 5. The molecular formula is C19H33N3O5. The first-order chi connectivity index (χ1) is 12.3. The van der Waals surface area contributed by atoms with E-state index >= 15 is 0 Å². The van der Waals surface area contributed by atoms with Crippen LogP contribution in [0.5, 0.6) is 0 Å². The Hall–Kier alpha value is -2.43. The fraction of sp³-hybridized carbons (Fsp3) is 0.737. The van der Waals surface area contributed by atoms with E-state index in [0.717, 1.165) is 0 Å². The van der Waals surface area contributed by atoms with Gasteiger partial charge in [0.15, 0.2) is 0 Å². The van der Waals surface area contributed by atoms with Crippen molar-refractivity contribution in [3.8, 4) is 12.3 Å². The van der Waals surface area contributed by atoms with Crippen molar-refractivity contribution in [2.75, 3.05) is 13.1 Å². The number of carbonyl (C=O) groups is 3. The second kappa shape index (κ2) is 11.3. The molecule has 0 heterocycles. The zero-order chi connectivity index (χ0) is 21.1. The van der Waals surface area contributed by atoms with E-state index in [9.17, 15) is 14.4 Å². The van der Waals surface area contributed by atoms with E-state index in [1.165, 1.54) is 0 Å². The molecule has 3 N–H and O–H groups in total. The molecule has 3 amide bonds. The topological polar surface area (TPSA) is 106 Å². The third-order valence-electron chi connectivity index (χ3n) is 2.96. The first kappa shape index (κ1) is 24.6. The molecule has 8 nitrogen and oxygen atoms in total. The summed E-state index contributed by atoms with van der Waals surface area (Å²) in [7, 11) is 0. The van der Waals surface area contributed by atoms with Crippen LogP contribution in [0.2, 0.25) is 0 Å². The monoisotopic (exact) mass is 383 g/mol. The second-order valence-corrected chi connectivity index (χ2v) is 8.05. The van der Waals surface area contributed by atoms with Gasteiger partial charge in [0, 0.05) is 6.54 Å². The highest BCUT2D eigenvalue weighted by atomic mass is 16.6. The molecule has 1 atom stereocenters. The first-order valence-electron chi connectivity index (χ1n) is 9.01. The second-order valence-electron chi connectivity index (χ2n) is 8.05. The fourth-order valence-electron chi connectivity index (χ4n) is 1.96. The van der Waals surface area contributed by atoms with Crippen molar-refractivity contribution in [2.45, 2.75) is 78.0 Å². The Balaban J connectivity index is 4.43. The average Bonchev–Trinajstić information content (AvgIpc) is 2.47. The van der Waals surface area contributed by atoms with Crippen LogP contribution >= 0.6 is 0 Å². The minimum atomic E-state index is -0.769. The summed E-state index contributed by atoms with van der Waals surface area (Å²) in [5, 5.41) is 7.76. The van der Waals surface area contributed by atoms with Crippen LogP contribution in [0.3, 0.4) is 0 Å². The highest BCUT2D eigenvalue weighted by Gasteiger charge is 2.24. The third kappa shape index (κ3) is 14.4. The minimum Gasteiger partial charge on any atom is -0.444 e. The van der Waals surface area contributed by atoms with Crippen LogP contribution in [-0.2, 0) is 14.3 Å². The number of terminal acetylenes is 1. The summed E-state index contributed by atoms with van der Waals surface area (Å²) >= 11 is 0. The van der Waals surface area contributed by atoms with E-state index < -0.39 is 29.4 Å². The third-order valence-corrected chi connectivity index (χ3v) is 2.96. The van der Waals surface area contributed by atoms with E-state index in [2.05, 4.69) is 21.9 Å². The maximum Gasteiger partial charge on any atom is 0.408 e. The number of hydrogen-bond donors (Lipinski definition) is 3. The lowest BCUT2D eigenvalue weighted by Gasteiger charge is -2.23. The van der Waals surface area contributed by atoms with Crippen LogP contribution in [0, 0.1) is 12.3 Å². The number of carbonyl (C=O) groups excluding carboxylic acids is 3. The zero-order valence-electron chi connectivity index (χ0n) is 17.2. The summed E-state index contributed by atoms with van der Waals surface area (Å²) in [5.74, 6) is 1.94. The van der Waals surface area contributed by atoms with Gasteiger partial charge in [-0.1, -0.05) is 5.92 Å². The molecular weight excluding hydrogens is 350 g/mol. The Kier molecular flexibility index (Phi) is 10.3. The van der Waals surface area contributed by atoms with Gasteiger partial charge in [0.2, 0.25) is 5.91 Å². The van der Waals surface area contributed by atoms with E-state index in [1.807, 2.05) is 0 Å². The van der Waals surface area contributed by atoms with Gasteiger partial charge in [-0.15, -0.1) is 6.42 Å². The van der Waals surface area contributed by atoms with Crippen molar-refractivity contribution >= 4 is 18.1 Å². The molecule has 0 aliphatic carbocycles. The number of nitrogens with one attached hydrogen (secondary N) is 3. The molecule has 0 aliphatic rings. The molecule has 0 aromatic carbocycles. The lowest BCUT2D eigenvalue weighted by molar-refractivity contribution is -0.123. The van der Waals surface area contributed by atoms with Crippen molar-refractivity contribution < 1.29 is 23.9 Å². The van der Waals surface area contributed by atoms with E-state index in [4.69, 9.17) is 15.9 Å². The van der Waals surface area contributed by atoms with Crippen LogP contribution in [-0.4, -0.2) is 48.4 Å². The quantitative estimate of drug-likeness (QED) is 0.441. The van der Waals surface area contributed by atoms with Crippen LogP contribution in [0.15, 0.2) is 0 Å². The minimum absolute atomic E-state index is 0.0749. The summed E-state index contributed by atoms with van der Waals surface area (Å²) in [6.07, 6.45) is 5.58. The number of rotatable bonds is 8. The van der Waals surface area contributed by atoms with Gasteiger partial charge >= 0.3 is 12.2 Å². The molecule has 0 radical (unpaired) electrons. The maximum absolute atomic E-state index is 12.2. The molecule has 0 aliphatic heterocycles. The molecule has 0 saturated carbocycles. The van der Waals surface area contributed by atoms with Gasteiger partial charge in [0.25, 0.3) is 0 Å². The number of alkyl carbamates (subject to hydrolysis) is 2. The van der Waals surface area contributed by atoms with Crippen molar-refractivity contribution in [1.82, 2.24) is 16.0 Å². The van der Waals surface area contributed by atoms with Crippen LogP contribution in [0.1, 0.15) is 60.8 Å². The number of unbranched alkanes of at least 4 members (excludes halogenated alkanes) is 1. The van der Waals surface area contributed by atoms with E-state index in [1.54, 1.807) is 41.5 Å². The molecule has 0 aromatic heterocycles. The molecule has 0 saturated heterocycles. The lowest BCUT2D eigenvalue weighted by Crippen LogP contribution is -2.48. The highest BCUT2D eigenvalue weighted by Crippen LogP contribution is 2.09. The van der Waals surface area contributed by atoms with Crippen molar-refractivity contribution in [3.05, 3.63) is 0 Å². The van der Waals surface area contributed by atoms with Crippen molar-refractivity contribution in [3.63, 3.8) is 0 Å². The summed E-state index contributed by atoms with van der Waals surface area (Å²) in [5.41, 5.74) is -1.22. The van der Waals surface area contributed by atoms with Crippen LogP contribution < -0.4 is 16.0 Å². The normalized spacial score (nSPS) is 12.3. The zero-order valence-corrected chi connectivity index (χ0v) is 17.2. The molecule has 0 bridgehead atoms. The summed E-state index contributed by atoms with van der Waals surface area (Å²) in [6.45, 7) is 11.1. The largest absolute Gasteiger partial charge is 0.444 e. The molecule has 0 unspecified atom stereocenters. The Labute approximate surface area is 162 Å². The van der Waals surface area contributed by atoms with E-state index in [0.29, 0.717) is 25.8 Å². The van der Waals surface area contributed by atoms with Gasteiger partial charge in [0.05, 0.1) is 6.54 Å². The predicted molar refractivity (Wildman–Crippen MR) is 103 cm³/mol. The van der Waals surface area contributed by atoms with Gasteiger partial charge in [0.1, 0.15) is 17.2 Å². The van der Waals surface area contributed by atoms with Gasteiger partial charge < -0.3 is 25.4 Å².